The Kier molecular flexibility index (Phi) is 7.46. The first-order valence-electron chi connectivity index (χ1n) is 3.72. The van der Waals surface area contributed by atoms with Crippen LogP contribution in [0.4, 0.5) is 0 Å². The van der Waals surface area contributed by atoms with E-state index in [9.17, 15) is 0 Å². The van der Waals surface area contributed by atoms with Crippen molar-refractivity contribution >= 4 is 0 Å². The minimum atomic E-state index is 0.0637. The van der Waals surface area contributed by atoms with Crippen LogP contribution >= 0.6 is 0 Å². The highest BCUT2D eigenvalue weighted by Gasteiger charge is 1.99. The quantitative estimate of drug-likeness (QED) is 0.437. The average molecular weight is 160 g/mol. The van der Waals surface area contributed by atoms with Gasteiger partial charge in [0.2, 0.25) is 0 Å². The summed E-state index contributed by atoms with van der Waals surface area (Å²) in [6, 6.07) is 0. The molecule has 3 nitrogen and oxygen atoms in total. The lowest BCUT2D eigenvalue weighted by molar-refractivity contribution is -0.00485. The van der Waals surface area contributed by atoms with Crippen molar-refractivity contribution in [3.05, 3.63) is 12.7 Å². The zero-order chi connectivity index (χ0) is 8.53. The maximum absolute atomic E-state index is 8.37. The van der Waals surface area contributed by atoms with Gasteiger partial charge < -0.3 is 14.6 Å². The van der Waals surface area contributed by atoms with Crippen molar-refractivity contribution < 1.29 is 14.6 Å². The number of aliphatic hydroxyl groups excluding tert-OH is 1. The van der Waals surface area contributed by atoms with Gasteiger partial charge in [0.15, 0.2) is 0 Å². The molecule has 3 heteroatoms. The maximum atomic E-state index is 8.37. The van der Waals surface area contributed by atoms with E-state index in [4.69, 9.17) is 14.6 Å². The van der Waals surface area contributed by atoms with Gasteiger partial charge in [0.25, 0.3) is 0 Å². The first-order chi connectivity index (χ1) is 5.31. The molecular weight excluding hydrogens is 144 g/mol. The molecule has 0 aliphatic rings. The third kappa shape index (κ3) is 7.52. The Balaban J connectivity index is 3.08. The van der Waals surface area contributed by atoms with E-state index >= 15 is 0 Å². The molecule has 0 fully saturated rings. The number of rotatable bonds is 7. The zero-order valence-corrected chi connectivity index (χ0v) is 6.95. The molecule has 0 radical (unpaired) electrons. The normalized spacial score (nSPS) is 12.9. The minimum absolute atomic E-state index is 0.0637. The van der Waals surface area contributed by atoms with Crippen LogP contribution in [0, 0.1) is 0 Å². The summed E-state index contributed by atoms with van der Waals surface area (Å²) < 4.78 is 10.2. The van der Waals surface area contributed by atoms with Crippen molar-refractivity contribution in [2.24, 2.45) is 0 Å². The maximum Gasteiger partial charge on any atom is 0.0784 e. The standard InChI is InChI=1S/C8H16O3/c1-3-5-11-8(2)7-10-6-4-9/h3,8-9H,1,4-7H2,2H3. The van der Waals surface area contributed by atoms with Gasteiger partial charge in [-0.1, -0.05) is 6.08 Å². The van der Waals surface area contributed by atoms with E-state index < -0.39 is 0 Å². The number of aliphatic hydroxyl groups is 1. The van der Waals surface area contributed by atoms with Crippen LogP contribution in [0.1, 0.15) is 6.92 Å². The van der Waals surface area contributed by atoms with Crippen LogP contribution in [-0.4, -0.2) is 37.6 Å². The Bertz CT molecular complexity index is 93.3. The van der Waals surface area contributed by atoms with Crippen LogP contribution in [0.2, 0.25) is 0 Å². The summed E-state index contributed by atoms with van der Waals surface area (Å²) in [6.07, 6.45) is 1.77. The van der Waals surface area contributed by atoms with Gasteiger partial charge in [-0.3, -0.25) is 0 Å². The van der Waals surface area contributed by atoms with Gasteiger partial charge in [0, 0.05) is 0 Å². The van der Waals surface area contributed by atoms with Gasteiger partial charge in [-0.05, 0) is 6.92 Å². The summed E-state index contributed by atoms with van der Waals surface area (Å²) in [5.41, 5.74) is 0. The fraction of sp³-hybridized carbons (Fsp3) is 0.750. The summed E-state index contributed by atoms with van der Waals surface area (Å²) in [6.45, 7) is 6.95. The third-order valence-corrected chi connectivity index (χ3v) is 1.09. The average Bonchev–Trinajstić information content (AvgIpc) is 2.01. The smallest absolute Gasteiger partial charge is 0.0784 e. The molecule has 11 heavy (non-hydrogen) atoms. The van der Waals surface area contributed by atoms with E-state index in [1.807, 2.05) is 6.92 Å². The highest BCUT2D eigenvalue weighted by Crippen LogP contribution is 1.91. The van der Waals surface area contributed by atoms with Gasteiger partial charge in [-0.2, -0.15) is 0 Å². The van der Waals surface area contributed by atoms with Crippen molar-refractivity contribution in [2.45, 2.75) is 13.0 Å². The Hall–Kier alpha value is -0.380. The molecule has 1 N–H and O–H groups in total. The molecule has 0 aromatic rings. The molecule has 0 amide bonds. The van der Waals surface area contributed by atoms with Crippen LogP contribution in [0.15, 0.2) is 12.7 Å². The highest BCUT2D eigenvalue weighted by molar-refractivity contribution is 4.65. The molecule has 0 saturated carbocycles. The molecule has 0 spiro atoms. The zero-order valence-electron chi connectivity index (χ0n) is 6.95. The van der Waals surface area contributed by atoms with E-state index in [-0.39, 0.29) is 12.7 Å². The van der Waals surface area contributed by atoms with Crippen LogP contribution in [-0.2, 0) is 9.47 Å². The SMILES string of the molecule is C=CCOC(C)COCCO. The first-order valence-corrected chi connectivity index (χ1v) is 3.72. The molecule has 0 heterocycles. The Morgan fingerprint density at radius 2 is 2.36 bits per heavy atom. The van der Waals surface area contributed by atoms with E-state index in [2.05, 4.69) is 6.58 Å². The Morgan fingerprint density at radius 1 is 1.64 bits per heavy atom. The molecule has 1 atom stereocenters. The second-order valence-electron chi connectivity index (χ2n) is 2.23. The lowest BCUT2D eigenvalue weighted by Crippen LogP contribution is -2.17. The summed E-state index contributed by atoms with van der Waals surface area (Å²) in [5.74, 6) is 0. The number of hydrogen-bond acceptors (Lipinski definition) is 3. The van der Waals surface area contributed by atoms with Crippen LogP contribution in [0.25, 0.3) is 0 Å². The van der Waals surface area contributed by atoms with Crippen molar-refractivity contribution in [1.82, 2.24) is 0 Å². The molecule has 1 unspecified atom stereocenters. The predicted octanol–water partition coefficient (Wildman–Crippen LogP) is 0.586. The van der Waals surface area contributed by atoms with E-state index in [0.717, 1.165) is 0 Å². The van der Waals surface area contributed by atoms with Gasteiger partial charge in [0.05, 0.1) is 32.5 Å². The largest absolute Gasteiger partial charge is 0.394 e. The van der Waals surface area contributed by atoms with Crippen molar-refractivity contribution in [1.29, 1.82) is 0 Å². The van der Waals surface area contributed by atoms with E-state index in [1.165, 1.54) is 0 Å². The summed E-state index contributed by atoms with van der Waals surface area (Å²) >= 11 is 0. The topological polar surface area (TPSA) is 38.7 Å². The Morgan fingerprint density at radius 3 is 2.91 bits per heavy atom. The van der Waals surface area contributed by atoms with Crippen LogP contribution in [0.3, 0.4) is 0 Å². The molecule has 0 saturated heterocycles. The van der Waals surface area contributed by atoms with Crippen LogP contribution in [0.5, 0.6) is 0 Å². The summed E-state index contributed by atoms with van der Waals surface area (Å²) in [5, 5.41) is 8.37. The van der Waals surface area contributed by atoms with Crippen LogP contribution < -0.4 is 0 Å². The molecule has 0 aliphatic heterocycles. The van der Waals surface area contributed by atoms with Crippen molar-refractivity contribution in [3.8, 4) is 0 Å². The molecule has 0 aromatic carbocycles. The number of ether oxygens (including phenoxy) is 2. The van der Waals surface area contributed by atoms with Gasteiger partial charge in [-0.15, -0.1) is 6.58 Å². The van der Waals surface area contributed by atoms with Gasteiger partial charge >= 0.3 is 0 Å². The predicted molar refractivity (Wildman–Crippen MR) is 43.5 cm³/mol. The molecule has 0 aliphatic carbocycles. The van der Waals surface area contributed by atoms with Crippen molar-refractivity contribution in [3.63, 3.8) is 0 Å². The second kappa shape index (κ2) is 7.72. The number of hydrogen-bond donors (Lipinski definition) is 1. The molecule has 0 rings (SSSR count). The fourth-order valence-corrected chi connectivity index (χ4v) is 0.594. The summed E-state index contributed by atoms with van der Waals surface area (Å²) in [7, 11) is 0. The van der Waals surface area contributed by atoms with Crippen molar-refractivity contribution in [2.75, 3.05) is 26.4 Å². The van der Waals surface area contributed by atoms with Gasteiger partial charge in [-0.25, -0.2) is 0 Å². The van der Waals surface area contributed by atoms with E-state index in [1.54, 1.807) is 6.08 Å². The monoisotopic (exact) mass is 160 g/mol. The van der Waals surface area contributed by atoms with E-state index in [0.29, 0.717) is 19.8 Å². The summed E-state index contributed by atoms with van der Waals surface area (Å²) in [4.78, 5) is 0. The minimum Gasteiger partial charge on any atom is -0.394 e. The first kappa shape index (κ1) is 10.6. The molecule has 0 bridgehead atoms. The second-order valence-corrected chi connectivity index (χ2v) is 2.23. The molecular formula is C8H16O3. The molecule has 0 aromatic heterocycles. The molecule has 66 valence electrons. The lowest BCUT2D eigenvalue weighted by Gasteiger charge is -2.10. The third-order valence-electron chi connectivity index (χ3n) is 1.09. The highest BCUT2D eigenvalue weighted by atomic mass is 16.5. The van der Waals surface area contributed by atoms with Gasteiger partial charge in [0.1, 0.15) is 0 Å². The lowest BCUT2D eigenvalue weighted by atomic mass is 10.4. The Labute approximate surface area is 67.6 Å². The fourth-order valence-electron chi connectivity index (χ4n) is 0.594.